The van der Waals surface area contributed by atoms with E-state index in [1.807, 2.05) is 13.8 Å². The van der Waals surface area contributed by atoms with Gasteiger partial charge in [0.2, 0.25) is 5.91 Å². The van der Waals surface area contributed by atoms with E-state index in [0.717, 1.165) is 12.8 Å². The van der Waals surface area contributed by atoms with Crippen molar-refractivity contribution < 1.29 is 4.79 Å². The normalized spacial score (nSPS) is 11.3. The van der Waals surface area contributed by atoms with Gasteiger partial charge in [-0.3, -0.25) is 4.79 Å². The molecule has 0 saturated carbocycles. The number of benzene rings is 1. The minimum atomic E-state index is -0.208. The molecule has 1 aromatic rings. The molecule has 3 heteroatoms. The Morgan fingerprint density at radius 3 is 2.71 bits per heavy atom. The van der Waals surface area contributed by atoms with Crippen LogP contribution >= 0.6 is 0 Å². The van der Waals surface area contributed by atoms with E-state index in [1.165, 1.54) is 11.1 Å². The quantitative estimate of drug-likeness (QED) is 0.816. The zero-order valence-electron chi connectivity index (χ0n) is 10.9. The molecule has 0 aliphatic rings. The van der Waals surface area contributed by atoms with Gasteiger partial charge >= 0.3 is 0 Å². The van der Waals surface area contributed by atoms with Crippen molar-refractivity contribution in [2.45, 2.75) is 39.2 Å². The van der Waals surface area contributed by atoms with Gasteiger partial charge in [0, 0.05) is 5.54 Å². The second-order valence-corrected chi connectivity index (χ2v) is 5.13. The first-order chi connectivity index (χ1) is 7.93. The molecule has 0 saturated heterocycles. The lowest BCUT2D eigenvalue weighted by Crippen LogP contribution is -2.46. The van der Waals surface area contributed by atoms with Crippen molar-refractivity contribution in [3.8, 4) is 0 Å². The molecule has 17 heavy (non-hydrogen) atoms. The smallest absolute Gasteiger partial charge is 0.234 e. The zero-order valence-corrected chi connectivity index (χ0v) is 10.9. The van der Waals surface area contributed by atoms with Gasteiger partial charge in [0.25, 0.3) is 0 Å². The fourth-order valence-corrected chi connectivity index (χ4v) is 1.82. The van der Waals surface area contributed by atoms with Gasteiger partial charge in [0.15, 0.2) is 0 Å². The Kier molecular flexibility index (Phi) is 4.70. The number of rotatable bonds is 5. The van der Waals surface area contributed by atoms with Crippen LogP contribution in [0.3, 0.4) is 0 Å². The summed E-state index contributed by atoms with van der Waals surface area (Å²) in [7, 11) is 0. The maximum Gasteiger partial charge on any atom is 0.234 e. The Bertz CT molecular complexity index is 386. The van der Waals surface area contributed by atoms with E-state index < -0.39 is 0 Å². The minimum absolute atomic E-state index is 0.0495. The Balaban J connectivity index is 2.52. The van der Waals surface area contributed by atoms with Crippen LogP contribution in [0.4, 0.5) is 0 Å². The van der Waals surface area contributed by atoms with Crippen molar-refractivity contribution in [3.05, 3.63) is 35.4 Å². The molecule has 0 unspecified atom stereocenters. The number of carbonyl (C=O) groups is 1. The molecule has 0 heterocycles. The SMILES string of the molecule is Cc1cccc(CCC(C)(C)NC(=O)CN)c1. The van der Waals surface area contributed by atoms with Crippen LogP contribution in [0.25, 0.3) is 0 Å². The highest BCUT2D eigenvalue weighted by molar-refractivity contribution is 5.78. The van der Waals surface area contributed by atoms with E-state index in [2.05, 4.69) is 36.5 Å². The maximum absolute atomic E-state index is 11.3. The predicted molar refractivity (Wildman–Crippen MR) is 70.8 cm³/mol. The molecular weight excluding hydrogens is 212 g/mol. The molecule has 0 atom stereocenters. The molecule has 0 aromatic heterocycles. The summed E-state index contributed by atoms with van der Waals surface area (Å²) in [5.74, 6) is -0.0979. The fourth-order valence-electron chi connectivity index (χ4n) is 1.82. The van der Waals surface area contributed by atoms with Crippen LogP contribution in [-0.2, 0) is 11.2 Å². The Hall–Kier alpha value is -1.35. The first kappa shape index (κ1) is 13.7. The Morgan fingerprint density at radius 1 is 1.41 bits per heavy atom. The third-order valence-corrected chi connectivity index (χ3v) is 2.78. The van der Waals surface area contributed by atoms with Crippen molar-refractivity contribution in [2.24, 2.45) is 5.73 Å². The number of nitrogens with two attached hydrogens (primary N) is 1. The molecular formula is C14H22N2O. The standard InChI is InChI=1S/C14H22N2O/c1-11-5-4-6-12(9-11)7-8-14(2,3)16-13(17)10-15/h4-6,9H,7-8,10,15H2,1-3H3,(H,16,17). The molecule has 3 N–H and O–H groups in total. The second kappa shape index (κ2) is 5.82. The minimum Gasteiger partial charge on any atom is -0.350 e. The van der Waals surface area contributed by atoms with E-state index in [0.29, 0.717) is 0 Å². The van der Waals surface area contributed by atoms with Crippen molar-refractivity contribution in [2.75, 3.05) is 6.54 Å². The van der Waals surface area contributed by atoms with Crippen LogP contribution < -0.4 is 11.1 Å². The van der Waals surface area contributed by atoms with Crippen LogP contribution in [0.15, 0.2) is 24.3 Å². The first-order valence-corrected chi connectivity index (χ1v) is 5.99. The summed E-state index contributed by atoms with van der Waals surface area (Å²) in [6, 6.07) is 8.45. The van der Waals surface area contributed by atoms with E-state index in [-0.39, 0.29) is 18.0 Å². The highest BCUT2D eigenvalue weighted by atomic mass is 16.1. The molecule has 1 rings (SSSR count). The summed E-state index contributed by atoms with van der Waals surface area (Å²) in [4.78, 5) is 11.3. The molecule has 0 bridgehead atoms. The number of hydrogen-bond acceptors (Lipinski definition) is 2. The summed E-state index contributed by atoms with van der Waals surface area (Å²) >= 11 is 0. The second-order valence-electron chi connectivity index (χ2n) is 5.13. The number of nitrogens with one attached hydrogen (secondary N) is 1. The number of hydrogen-bond donors (Lipinski definition) is 2. The van der Waals surface area contributed by atoms with Gasteiger partial charge in [0.1, 0.15) is 0 Å². The summed E-state index contributed by atoms with van der Waals surface area (Å²) in [5.41, 5.74) is 7.66. The summed E-state index contributed by atoms with van der Waals surface area (Å²) < 4.78 is 0. The number of carbonyl (C=O) groups excluding carboxylic acids is 1. The van der Waals surface area contributed by atoms with Gasteiger partial charge in [-0.15, -0.1) is 0 Å². The molecule has 0 spiro atoms. The first-order valence-electron chi connectivity index (χ1n) is 5.99. The van der Waals surface area contributed by atoms with Crippen molar-refractivity contribution in [3.63, 3.8) is 0 Å². The van der Waals surface area contributed by atoms with Crippen LogP contribution in [-0.4, -0.2) is 18.0 Å². The van der Waals surface area contributed by atoms with E-state index in [1.54, 1.807) is 0 Å². The third-order valence-electron chi connectivity index (χ3n) is 2.78. The Morgan fingerprint density at radius 2 is 2.12 bits per heavy atom. The number of amides is 1. The number of aryl methyl sites for hydroxylation is 2. The lowest BCUT2D eigenvalue weighted by atomic mass is 9.94. The zero-order chi connectivity index (χ0) is 12.9. The highest BCUT2D eigenvalue weighted by Gasteiger charge is 2.19. The van der Waals surface area contributed by atoms with Gasteiger partial charge in [0.05, 0.1) is 6.54 Å². The van der Waals surface area contributed by atoms with Gasteiger partial charge in [-0.05, 0) is 39.2 Å². The molecule has 0 radical (unpaired) electrons. The molecule has 3 nitrogen and oxygen atoms in total. The van der Waals surface area contributed by atoms with Crippen molar-refractivity contribution in [1.29, 1.82) is 0 Å². The molecule has 0 aliphatic heterocycles. The van der Waals surface area contributed by atoms with E-state index in [9.17, 15) is 4.79 Å². The molecule has 0 aliphatic carbocycles. The monoisotopic (exact) mass is 234 g/mol. The molecule has 0 fully saturated rings. The molecule has 1 aromatic carbocycles. The van der Waals surface area contributed by atoms with Crippen LogP contribution in [0.2, 0.25) is 0 Å². The van der Waals surface area contributed by atoms with Crippen LogP contribution in [0.5, 0.6) is 0 Å². The summed E-state index contributed by atoms with van der Waals surface area (Å²) in [5, 5.41) is 2.93. The van der Waals surface area contributed by atoms with Crippen LogP contribution in [0, 0.1) is 6.92 Å². The lowest BCUT2D eigenvalue weighted by molar-refractivity contribution is -0.121. The maximum atomic E-state index is 11.3. The van der Waals surface area contributed by atoms with Crippen molar-refractivity contribution in [1.82, 2.24) is 5.32 Å². The van der Waals surface area contributed by atoms with E-state index >= 15 is 0 Å². The predicted octanol–water partition coefficient (Wildman–Crippen LogP) is 1.78. The summed E-state index contributed by atoms with van der Waals surface area (Å²) in [6.07, 6.45) is 1.86. The molecule has 1 amide bonds. The lowest BCUT2D eigenvalue weighted by Gasteiger charge is -2.26. The van der Waals surface area contributed by atoms with Gasteiger partial charge in [-0.25, -0.2) is 0 Å². The third kappa shape index (κ3) is 5.00. The average Bonchev–Trinajstić information content (AvgIpc) is 2.26. The van der Waals surface area contributed by atoms with Crippen molar-refractivity contribution >= 4 is 5.91 Å². The average molecular weight is 234 g/mol. The van der Waals surface area contributed by atoms with Gasteiger partial charge in [-0.2, -0.15) is 0 Å². The fraction of sp³-hybridized carbons (Fsp3) is 0.500. The topological polar surface area (TPSA) is 55.1 Å². The summed E-state index contributed by atoms with van der Waals surface area (Å²) in [6.45, 7) is 6.19. The largest absolute Gasteiger partial charge is 0.350 e. The highest BCUT2D eigenvalue weighted by Crippen LogP contribution is 2.14. The van der Waals surface area contributed by atoms with E-state index in [4.69, 9.17) is 5.73 Å². The Labute approximate surface area is 103 Å². The van der Waals surface area contributed by atoms with Gasteiger partial charge in [-0.1, -0.05) is 29.8 Å². The molecule has 94 valence electrons. The van der Waals surface area contributed by atoms with Crippen LogP contribution in [0.1, 0.15) is 31.4 Å². The van der Waals surface area contributed by atoms with Gasteiger partial charge < -0.3 is 11.1 Å².